The summed E-state index contributed by atoms with van der Waals surface area (Å²) in [5.74, 6) is -0.778. The molecule has 1 aromatic heterocycles. The van der Waals surface area contributed by atoms with Crippen LogP contribution < -0.4 is 0 Å². The number of aryl methyl sites for hydroxylation is 1. The number of ether oxygens (including phenoxy) is 2. The lowest BCUT2D eigenvalue weighted by Crippen LogP contribution is -2.14. The Labute approximate surface area is 164 Å². The zero-order valence-electron chi connectivity index (χ0n) is 16.3. The zero-order valence-corrected chi connectivity index (χ0v) is 16.3. The van der Waals surface area contributed by atoms with Crippen molar-refractivity contribution in [2.45, 2.75) is 32.8 Å². The van der Waals surface area contributed by atoms with Crippen LogP contribution in [0.25, 0.3) is 10.9 Å². The highest BCUT2D eigenvalue weighted by molar-refractivity contribution is 5.98. The van der Waals surface area contributed by atoms with E-state index in [1.54, 1.807) is 0 Å². The van der Waals surface area contributed by atoms with Gasteiger partial charge in [0, 0.05) is 5.39 Å². The van der Waals surface area contributed by atoms with E-state index in [4.69, 9.17) is 9.47 Å². The number of carbonyl (C=O) groups is 2. The van der Waals surface area contributed by atoms with Crippen molar-refractivity contribution in [1.82, 2.24) is 4.98 Å². The van der Waals surface area contributed by atoms with E-state index in [0.29, 0.717) is 11.3 Å². The molecule has 5 heteroatoms. The summed E-state index contributed by atoms with van der Waals surface area (Å²) in [4.78, 5) is 29.2. The van der Waals surface area contributed by atoms with Crippen LogP contribution >= 0.6 is 0 Å². The number of carbonyl (C=O) groups excluding carboxylic acids is 2. The van der Waals surface area contributed by atoms with Gasteiger partial charge in [-0.05, 0) is 30.0 Å². The van der Waals surface area contributed by atoms with Crippen LogP contribution in [-0.2, 0) is 20.9 Å². The highest BCUT2D eigenvalue weighted by atomic mass is 16.5. The minimum Gasteiger partial charge on any atom is -0.465 e. The molecule has 0 aliphatic heterocycles. The van der Waals surface area contributed by atoms with E-state index in [1.807, 2.05) is 68.4 Å². The lowest BCUT2D eigenvalue weighted by molar-refractivity contribution is -0.145. The number of methoxy groups -OCH3 is 1. The number of hydrogen-bond acceptors (Lipinski definition) is 5. The Morgan fingerprint density at radius 1 is 1.04 bits per heavy atom. The molecule has 0 aliphatic carbocycles. The topological polar surface area (TPSA) is 65.5 Å². The van der Waals surface area contributed by atoms with Crippen molar-refractivity contribution in [2.24, 2.45) is 0 Å². The number of para-hydroxylation sites is 1. The van der Waals surface area contributed by atoms with Crippen molar-refractivity contribution in [2.75, 3.05) is 7.11 Å². The van der Waals surface area contributed by atoms with E-state index in [9.17, 15) is 9.59 Å². The molecule has 0 radical (unpaired) electrons. The van der Waals surface area contributed by atoms with Gasteiger partial charge in [0.15, 0.2) is 0 Å². The Hall–Kier alpha value is -3.21. The standard InChI is InChI=1S/C23H23NO4/c1-15(17-9-5-4-6-10-17)13-21(25)28-14-20-22(23(26)27-3)16(2)18-11-7-8-12-19(18)24-20/h4-12,15H,13-14H2,1-3H3/t15-/m1/s1. The smallest absolute Gasteiger partial charge is 0.340 e. The molecule has 0 bridgehead atoms. The van der Waals surface area contributed by atoms with Crippen molar-refractivity contribution < 1.29 is 19.1 Å². The third-order valence-electron chi connectivity index (χ3n) is 4.83. The molecule has 2 aromatic carbocycles. The van der Waals surface area contributed by atoms with Crippen molar-refractivity contribution in [3.05, 3.63) is 77.0 Å². The first-order chi connectivity index (χ1) is 13.5. The first-order valence-electron chi connectivity index (χ1n) is 9.18. The van der Waals surface area contributed by atoms with E-state index in [1.165, 1.54) is 7.11 Å². The van der Waals surface area contributed by atoms with E-state index < -0.39 is 5.97 Å². The van der Waals surface area contributed by atoms with Gasteiger partial charge in [0.1, 0.15) is 6.61 Å². The van der Waals surface area contributed by atoms with Crippen LogP contribution in [0.3, 0.4) is 0 Å². The van der Waals surface area contributed by atoms with Crippen LogP contribution in [-0.4, -0.2) is 24.0 Å². The van der Waals surface area contributed by atoms with Crippen molar-refractivity contribution in [3.8, 4) is 0 Å². The third kappa shape index (κ3) is 4.19. The lowest BCUT2D eigenvalue weighted by Gasteiger charge is -2.15. The molecular weight excluding hydrogens is 354 g/mol. The van der Waals surface area contributed by atoms with Gasteiger partial charge < -0.3 is 9.47 Å². The van der Waals surface area contributed by atoms with Crippen LogP contribution in [0.2, 0.25) is 0 Å². The van der Waals surface area contributed by atoms with Crippen LogP contribution in [0, 0.1) is 6.92 Å². The normalized spacial score (nSPS) is 11.8. The van der Waals surface area contributed by atoms with Crippen LogP contribution in [0.5, 0.6) is 0 Å². The van der Waals surface area contributed by atoms with E-state index in [-0.39, 0.29) is 24.9 Å². The molecular formula is C23H23NO4. The van der Waals surface area contributed by atoms with Gasteiger partial charge in [0.25, 0.3) is 0 Å². The van der Waals surface area contributed by atoms with Gasteiger partial charge in [-0.15, -0.1) is 0 Å². The number of fused-ring (bicyclic) bond motifs is 1. The molecule has 1 heterocycles. The summed E-state index contributed by atoms with van der Waals surface area (Å²) in [5, 5.41) is 0.871. The SMILES string of the molecule is COC(=O)c1c(COC(=O)C[C@@H](C)c2ccccc2)nc2ccccc2c1C. The molecule has 144 valence electrons. The summed E-state index contributed by atoms with van der Waals surface area (Å²) in [6, 6.07) is 17.4. The average molecular weight is 377 g/mol. The summed E-state index contributed by atoms with van der Waals surface area (Å²) < 4.78 is 10.4. The molecule has 0 N–H and O–H groups in total. The Balaban J connectivity index is 1.79. The highest BCUT2D eigenvalue weighted by Crippen LogP contribution is 2.25. The summed E-state index contributed by atoms with van der Waals surface area (Å²) in [7, 11) is 1.33. The fourth-order valence-electron chi connectivity index (χ4n) is 3.28. The Bertz CT molecular complexity index is 998. The number of aromatic nitrogens is 1. The number of rotatable bonds is 6. The average Bonchev–Trinajstić information content (AvgIpc) is 2.72. The molecule has 0 saturated carbocycles. The van der Waals surface area contributed by atoms with Gasteiger partial charge in [0.05, 0.1) is 30.3 Å². The molecule has 0 aliphatic rings. The Kier molecular flexibility index (Phi) is 6.04. The number of benzene rings is 2. The third-order valence-corrected chi connectivity index (χ3v) is 4.83. The minimum atomic E-state index is -0.487. The number of nitrogens with zero attached hydrogens (tertiary/aromatic N) is 1. The van der Waals surface area contributed by atoms with Crippen LogP contribution in [0.4, 0.5) is 0 Å². The van der Waals surface area contributed by atoms with Gasteiger partial charge in [-0.1, -0.05) is 55.5 Å². The summed E-state index contributed by atoms with van der Waals surface area (Å²) in [6.07, 6.45) is 0.254. The zero-order chi connectivity index (χ0) is 20.1. The molecule has 0 amide bonds. The first kappa shape index (κ1) is 19.5. The Morgan fingerprint density at radius 2 is 1.71 bits per heavy atom. The van der Waals surface area contributed by atoms with Gasteiger partial charge >= 0.3 is 11.9 Å². The predicted molar refractivity (Wildman–Crippen MR) is 107 cm³/mol. The van der Waals surface area contributed by atoms with Gasteiger partial charge in [0.2, 0.25) is 0 Å². The second-order valence-corrected chi connectivity index (χ2v) is 6.74. The summed E-state index contributed by atoms with van der Waals surface area (Å²) in [6.45, 7) is 3.75. The summed E-state index contributed by atoms with van der Waals surface area (Å²) in [5.41, 5.74) is 3.35. The second kappa shape index (κ2) is 8.65. The fourth-order valence-corrected chi connectivity index (χ4v) is 3.28. The fraction of sp³-hybridized carbons (Fsp3) is 0.261. The van der Waals surface area contributed by atoms with Gasteiger partial charge in [-0.3, -0.25) is 4.79 Å². The lowest BCUT2D eigenvalue weighted by atomic mass is 9.98. The molecule has 5 nitrogen and oxygen atoms in total. The minimum absolute atomic E-state index is 0.0417. The molecule has 3 aromatic rings. The molecule has 3 rings (SSSR count). The predicted octanol–water partition coefficient (Wildman–Crippen LogP) is 4.57. The molecule has 0 spiro atoms. The van der Waals surface area contributed by atoms with E-state index in [0.717, 1.165) is 22.0 Å². The van der Waals surface area contributed by atoms with Gasteiger partial charge in [-0.25, -0.2) is 9.78 Å². The molecule has 1 atom stereocenters. The first-order valence-corrected chi connectivity index (χ1v) is 9.18. The monoisotopic (exact) mass is 377 g/mol. The summed E-state index contributed by atoms with van der Waals surface area (Å²) >= 11 is 0. The van der Waals surface area contributed by atoms with Crippen LogP contribution in [0.15, 0.2) is 54.6 Å². The van der Waals surface area contributed by atoms with Crippen molar-refractivity contribution in [3.63, 3.8) is 0 Å². The van der Waals surface area contributed by atoms with Crippen molar-refractivity contribution in [1.29, 1.82) is 0 Å². The maximum absolute atomic E-state index is 12.3. The second-order valence-electron chi connectivity index (χ2n) is 6.74. The molecule has 0 saturated heterocycles. The molecule has 28 heavy (non-hydrogen) atoms. The molecule has 0 unspecified atom stereocenters. The van der Waals surface area contributed by atoms with Gasteiger partial charge in [-0.2, -0.15) is 0 Å². The van der Waals surface area contributed by atoms with E-state index in [2.05, 4.69) is 4.98 Å². The van der Waals surface area contributed by atoms with Crippen molar-refractivity contribution >= 4 is 22.8 Å². The van der Waals surface area contributed by atoms with E-state index >= 15 is 0 Å². The maximum atomic E-state index is 12.3. The number of esters is 2. The quantitative estimate of drug-likeness (QED) is 0.589. The number of hydrogen-bond donors (Lipinski definition) is 0. The van der Waals surface area contributed by atoms with Crippen LogP contribution in [0.1, 0.15) is 46.4 Å². The number of pyridine rings is 1. The maximum Gasteiger partial charge on any atom is 0.340 e. The largest absolute Gasteiger partial charge is 0.465 e. The Morgan fingerprint density at radius 3 is 2.43 bits per heavy atom. The molecule has 0 fully saturated rings. The highest BCUT2D eigenvalue weighted by Gasteiger charge is 2.21.